The molecular weight excluding hydrogens is 847 g/mol. The zero-order valence-corrected chi connectivity index (χ0v) is 38.6. The molecule has 10 rings (SSSR count). The summed E-state index contributed by atoms with van der Waals surface area (Å²) in [5.41, 5.74) is 8.87. The maximum Gasteiger partial charge on any atom is 0.338 e. The lowest BCUT2D eigenvalue weighted by atomic mass is 9.91. The molecule has 1 saturated carbocycles. The van der Waals surface area contributed by atoms with Crippen molar-refractivity contribution in [3.05, 3.63) is 129 Å². The molecule has 340 valence electrons. The van der Waals surface area contributed by atoms with E-state index in [-0.39, 0.29) is 23.3 Å². The first kappa shape index (κ1) is 43.3. The number of aliphatic hydroxyl groups is 1. The van der Waals surface area contributed by atoms with E-state index in [0.29, 0.717) is 102 Å². The van der Waals surface area contributed by atoms with Gasteiger partial charge in [-0.3, -0.25) is 13.9 Å². The summed E-state index contributed by atoms with van der Waals surface area (Å²) in [6, 6.07) is 18.9. The van der Waals surface area contributed by atoms with Crippen molar-refractivity contribution in [1.29, 1.82) is 0 Å². The first-order chi connectivity index (χ1) is 31.2. The summed E-state index contributed by atoms with van der Waals surface area (Å²) in [7, 11) is -2.32. The second-order valence-corrected chi connectivity index (χ2v) is 22.1. The molecule has 1 saturated heterocycles. The Morgan fingerprint density at radius 1 is 0.969 bits per heavy atom. The number of carbonyl (C=O) groups excluding carboxylic acids is 1. The Bertz CT molecular complexity index is 2970. The van der Waals surface area contributed by atoms with Crippen molar-refractivity contribution in [2.75, 3.05) is 32.1 Å². The van der Waals surface area contributed by atoms with Crippen molar-refractivity contribution in [3.8, 4) is 17.2 Å². The minimum atomic E-state index is -2.32. The average Bonchev–Trinajstić information content (AvgIpc) is 3.81. The number of aromatic nitrogens is 5. The van der Waals surface area contributed by atoms with E-state index in [1.807, 2.05) is 56.0 Å². The van der Waals surface area contributed by atoms with Crippen LogP contribution in [-0.4, -0.2) is 83.7 Å². The Morgan fingerprint density at radius 2 is 1.66 bits per heavy atom. The van der Waals surface area contributed by atoms with E-state index in [1.54, 1.807) is 52.2 Å². The Labute approximate surface area is 377 Å². The molecule has 4 aliphatic rings. The highest BCUT2D eigenvalue weighted by molar-refractivity contribution is 7.63. The van der Waals surface area contributed by atoms with E-state index in [4.69, 9.17) is 14.7 Å². The number of hydrogen-bond acceptors (Lipinski definition) is 9. The molecule has 1 unspecified atom stereocenters. The molecule has 1 aliphatic carbocycles. The van der Waals surface area contributed by atoms with Gasteiger partial charge in [0, 0.05) is 61.2 Å². The fourth-order valence-corrected chi connectivity index (χ4v) is 12.3. The number of carbonyl (C=O) groups is 1. The largest absolute Gasteiger partial charge is 0.381 e. The molecule has 16 heteroatoms. The van der Waals surface area contributed by atoms with Crippen molar-refractivity contribution in [1.82, 2.24) is 33.9 Å². The number of aliphatic hydroxyl groups excluding tert-OH is 1. The van der Waals surface area contributed by atoms with Crippen molar-refractivity contribution < 1.29 is 28.4 Å². The van der Waals surface area contributed by atoms with Gasteiger partial charge < -0.3 is 23.9 Å². The standard InChI is InChI=1S/C49H56FN8O6P/c1-7-65(62,8-2)28-33-9-12-37(13-10-33)55-19-20-56(48(55)61)44-42-32(6)54(18-15-39(42)52-58(44)38-23-29(3)43(50)30(4)24-38)45(59)41-26-36-25-35(34-16-21-63-22-17-34)11-14-40(36)57(41)49(27-31(49)5)46-51-47(60)64-53-46/h9-14,19-20,23-26,31-32,34,47,60H,7-8,15-18,21-22,27-28H2,1-6H3,(H,51,53)/t31-,32-,47?,49-/m0/s1. The molecular formula is C49H56FN8O6P. The summed E-state index contributed by atoms with van der Waals surface area (Å²) in [5, 5.41) is 16.4. The van der Waals surface area contributed by atoms with Gasteiger partial charge in [-0.2, -0.15) is 5.10 Å². The Morgan fingerprint density at radius 3 is 2.31 bits per heavy atom. The number of nitrogens with one attached hydrogen (secondary N) is 1. The smallest absolute Gasteiger partial charge is 0.338 e. The monoisotopic (exact) mass is 902 g/mol. The van der Waals surface area contributed by atoms with Crippen molar-refractivity contribution in [2.24, 2.45) is 10.9 Å². The first-order valence-corrected chi connectivity index (χ1v) is 25.1. The minimum absolute atomic E-state index is 0.0688. The predicted molar refractivity (Wildman–Crippen MR) is 248 cm³/mol. The lowest BCUT2D eigenvalue weighted by Crippen LogP contribution is -2.43. The van der Waals surface area contributed by atoms with Crippen molar-refractivity contribution >= 4 is 29.8 Å². The molecule has 0 spiro atoms. The van der Waals surface area contributed by atoms with Crippen LogP contribution < -0.4 is 11.2 Å². The van der Waals surface area contributed by atoms with Crippen LogP contribution in [0.2, 0.25) is 0 Å². The molecule has 2 N–H and O–H groups in total. The molecule has 3 aromatic heterocycles. The van der Waals surface area contributed by atoms with Gasteiger partial charge >= 0.3 is 5.69 Å². The first-order valence-electron chi connectivity index (χ1n) is 22.8. The van der Waals surface area contributed by atoms with Gasteiger partial charge in [-0.15, -0.1) is 0 Å². The number of amidine groups is 1. The third-order valence-electron chi connectivity index (χ3n) is 14.5. The van der Waals surface area contributed by atoms with Crippen LogP contribution >= 0.6 is 7.14 Å². The number of rotatable bonds is 11. The van der Waals surface area contributed by atoms with E-state index < -0.39 is 25.1 Å². The molecule has 14 nitrogen and oxygen atoms in total. The molecule has 3 aliphatic heterocycles. The van der Waals surface area contributed by atoms with Crippen LogP contribution in [0.15, 0.2) is 82.8 Å². The van der Waals surface area contributed by atoms with E-state index in [1.165, 1.54) is 5.56 Å². The number of aryl methyl sites for hydroxylation is 2. The molecule has 0 radical (unpaired) electrons. The summed E-state index contributed by atoms with van der Waals surface area (Å²) in [4.78, 5) is 41.8. The van der Waals surface area contributed by atoms with Crippen LogP contribution in [0.5, 0.6) is 0 Å². The second-order valence-electron chi connectivity index (χ2n) is 18.4. The van der Waals surface area contributed by atoms with E-state index in [0.717, 1.165) is 35.0 Å². The summed E-state index contributed by atoms with van der Waals surface area (Å²) < 4.78 is 41.0. The highest BCUT2D eigenvalue weighted by Crippen LogP contribution is 2.54. The highest BCUT2D eigenvalue weighted by Gasteiger charge is 2.60. The van der Waals surface area contributed by atoms with Crippen molar-refractivity contribution in [2.45, 2.75) is 97.3 Å². The van der Waals surface area contributed by atoms with Crippen LogP contribution in [-0.2, 0) is 32.3 Å². The normalized spacial score (nSPS) is 22.3. The van der Waals surface area contributed by atoms with Gasteiger partial charge in [0.1, 0.15) is 22.9 Å². The number of imidazole rings is 1. The Balaban J connectivity index is 1.08. The zero-order chi connectivity index (χ0) is 45.5. The summed E-state index contributed by atoms with van der Waals surface area (Å²) in [6.45, 7) is 13.2. The molecule has 65 heavy (non-hydrogen) atoms. The summed E-state index contributed by atoms with van der Waals surface area (Å²) >= 11 is 0. The predicted octanol–water partition coefficient (Wildman–Crippen LogP) is 8.03. The maximum absolute atomic E-state index is 15.5. The molecule has 6 aromatic rings. The van der Waals surface area contributed by atoms with Gasteiger partial charge in [0.15, 0.2) is 5.84 Å². The van der Waals surface area contributed by atoms with Gasteiger partial charge in [0.2, 0.25) is 0 Å². The lowest BCUT2D eigenvalue weighted by molar-refractivity contribution is -0.103. The molecule has 1 amide bonds. The average molecular weight is 903 g/mol. The van der Waals surface area contributed by atoms with Crippen molar-refractivity contribution in [3.63, 3.8) is 0 Å². The zero-order valence-electron chi connectivity index (χ0n) is 37.8. The number of hydroxylamine groups is 1. The fourth-order valence-electron chi connectivity index (χ4n) is 10.5. The SMILES string of the molecule is CCP(=O)(CC)Cc1ccc(-n2ccn(-c3c4c(nn3-c3cc(C)c(F)c(C)c3)CCN(C(=O)c3cc5cc(C6CCOCC6)ccc5n3[C@@]3(C5=NC(O)ON5)C[C@@H]3C)[C@H]4C)c2=O)cc1. The molecule has 2 fully saturated rings. The quantitative estimate of drug-likeness (QED) is 0.124. The summed E-state index contributed by atoms with van der Waals surface area (Å²) in [5.74, 6) is 0.851. The maximum atomic E-state index is 15.5. The number of hydrogen-bond donors (Lipinski definition) is 2. The Hall–Kier alpha value is -5.60. The van der Waals surface area contributed by atoms with Gasteiger partial charge in [0.25, 0.3) is 12.3 Å². The highest BCUT2D eigenvalue weighted by atomic mass is 31.2. The van der Waals surface area contributed by atoms with Gasteiger partial charge in [-0.25, -0.2) is 29.2 Å². The number of halogens is 1. The number of benzene rings is 3. The number of nitrogens with zero attached hydrogens (tertiary/aromatic N) is 7. The lowest BCUT2D eigenvalue weighted by Gasteiger charge is -2.34. The van der Waals surface area contributed by atoms with Crippen LogP contribution in [0.1, 0.15) is 103 Å². The van der Waals surface area contributed by atoms with Gasteiger partial charge in [-0.05, 0) is 129 Å². The Kier molecular flexibility index (Phi) is 10.9. The van der Waals surface area contributed by atoms with E-state index >= 15 is 9.18 Å². The van der Waals surface area contributed by atoms with Crippen LogP contribution in [0, 0.1) is 25.6 Å². The molecule has 3 aromatic carbocycles. The van der Waals surface area contributed by atoms with Gasteiger partial charge in [-0.1, -0.05) is 39.0 Å². The summed E-state index contributed by atoms with van der Waals surface area (Å²) in [6.07, 6.45) is 6.78. The van der Waals surface area contributed by atoms with Crippen LogP contribution in [0.25, 0.3) is 28.1 Å². The van der Waals surface area contributed by atoms with Gasteiger partial charge in [0.05, 0.1) is 30.3 Å². The van der Waals surface area contributed by atoms with Crippen LogP contribution in [0.3, 0.4) is 0 Å². The number of ether oxygens (including phenoxy) is 1. The minimum Gasteiger partial charge on any atom is -0.381 e. The third kappa shape index (κ3) is 7.22. The van der Waals surface area contributed by atoms with Crippen LogP contribution in [0.4, 0.5) is 4.39 Å². The fraction of sp³-hybridized carbons (Fsp3) is 0.429. The third-order valence-corrected chi connectivity index (χ3v) is 17.8. The number of amides is 1. The second kappa shape index (κ2) is 16.4. The molecule has 0 bridgehead atoms. The van der Waals surface area contributed by atoms with E-state index in [2.05, 4.69) is 40.2 Å². The van der Waals surface area contributed by atoms with E-state index in [9.17, 15) is 14.5 Å². The number of aliphatic imine (C=N–C) groups is 1. The topological polar surface area (TPSA) is 150 Å². The molecule has 4 atom stereocenters. The molecule has 6 heterocycles. The number of fused-ring (bicyclic) bond motifs is 2.